The first-order chi connectivity index (χ1) is 11.5. The summed E-state index contributed by atoms with van der Waals surface area (Å²) in [5.74, 6) is 0.309. The molecule has 24 heavy (non-hydrogen) atoms. The number of aromatic nitrogens is 3. The van der Waals surface area contributed by atoms with Crippen LogP contribution in [0.15, 0.2) is 18.2 Å². The van der Waals surface area contributed by atoms with Crippen LogP contribution in [0.25, 0.3) is 0 Å². The normalized spacial score (nSPS) is 13.8. The van der Waals surface area contributed by atoms with Crippen molar-refractivity contribution in [2.24, 2.45) is 0 Å². The van der Waals surface area contributed by atoms with E-state index in [0.717, 1.165) is 0 Å². The fraction of sp³-hybridized carbons (Fsp3) is 0.286. The van der Waals surface area contributed by atoms with Crippen LogP contribution in [0, 0.1) is 0 Å². The van der Waals surface area contributed by atoms with Gasteiger partial charge in [0.1, 0.15) is 0 Å². The number of anilines is 3. The van der Waals surface area contributed by atoms with E-state index in [0.29, 0.717) is 35.3 Å². The lowest BCUT2D eigenvalue weighted by molar-refractivity contribution is 0.102. The fourth-order valence-electron chi connectivity index (χ4n) is 2.25. The highest BCUT2D eigenvalue weighted by Gasteiger charge is 2.24. The van der Waals surface area contributed by atoms with E-state index in [4.69, 9.17) is 11.6 Å². The average molecular weight is 350 g/mol. The molecule has 10 heteroatoms. The van der Waals surface area contributed by atoms with Gasteiger partial charge in [0.25, 0.3) is 5.91 Å². The van der Waals surface area contributed by atoms with Gasteiger partial charge < -0.3 is 10.2 Å². The van der Waals surface area contributed by atoms with Gasteiger partial charge in [-0.1, -0.05) is 11.6 Å². The zero-order valence-corrected chi connectivity index (χ0v) is 13.9. The summed E-state index contributed by atoms with van der Waals surface area (Å²) >= 11 is 6.16. The van der Waals surface area contributed by atoms with Crippen molar-refractivity contribution in [1.82, 2.24) is 20.5 Å². The van der Waals surface area contributed by atoms with Crippen molar-refractivity contribution in [2.45, 2.75) is 0 Å². The third-order valence-electron chi connectivity index (χ3n) is 3.46. The molecule has 3 rings (SSSR count). The third kappa shape index (κ3) is 3.11. The van der Waals surface area contributed by atoms with Crippen LogP contribution in [0.1, 0.15) is 10.4 Å². The minimum atomic E-state index is -0.381. The van der Waals surface area contributed by atoms with E-state index in [-0.39, 0.29) is 17.9 Å². The number of urea groups is 1. The van der Waals surface area contributed by atoms with Crippen LogP contribution in [0.3, 0.4) is 0 Å². The van der Waals surface area contributed by atoms with Gasteiger partial charge in [0.05, 0.1) is 10.7 Å². The maximum Gasteiger partial charge on any atom is 0.322 e. The van der Waals surface area contributed by atoms with Crippen molar-refractivity contribution in [3.05, 3.63) is 28.8 Å². The van der Waals surface area contributed by atoms with Crippen LogP contribution >= 0.6 is 11.6 Å². The highest BCUT2D eigenvalue weighted by Crippen LogP contribution is 2.28. The maximum atomic E-state index is 12.4. The summed E-state index contributed by atoms with van der Waals surface area (Å²) in [6.45, 7) is 1.04. The Hall–Kier alpha value is -2.81. The molecule has 0 bridgehead atoms. The molecule has 0 spiro atoms. The van der Waals surface area contributed by atoms with Gasteiger partial charge >= 0.3 is 6.03 Å². The Labute approximate surface area is 143 Å². The number of aromatic amines is 1. The average Bonchev–Trinajstić information content (AvgIpc) is 3.17. The van der Waals surface area contributed by atoms with Crippen molar-refractivity contribution < 1.29 is 9.59 Å². The Morgan fingerprint density at radius 1 is 1.42 bits per heavy atom. The molecule has 1 aromatic heterocycles. The zero-order chi connectivity index (χ0) is 17.3. The second-order valence-electron chi connectivity index (χ2n) is 5.38. The van der Waals surface area contributed by atoms with Crippen LogP contribution in [-0.2, 0) is 0 Å². The van der Waals surface area contributed by atoms with Gasteiger partial charge in [0.15, 0.2) is 0 Å². The molecule has 2 heterocycles. The zero-order valence-electron chi connectivity index (χ0n) is 13.1. The molecule has 1 aliphatic heterocycles. The molecular weight excluding hydrogens is 334 g/mol. The van der Waals surface area contributed by atoms with E-state index in [1.54, 1.807) is 37.2 Å². The lowest BCUT2D eigenvalue weighted by atomic mass is 10.1. The summed E-state index contributed by atoms with van der Waals surface area (Å²) in [7, 11) is 3.59. The number of H-pyrrole nitrogens is 1. The largest absolute Gasteiger partial charge is 0.346 e. The molecule has 0 aliphatic carbocycles. The molecule has 1 saturated heterocycles. The summed E-state index contributed by atoms with van der Waals surface area (Å²) in [5.41, 5.74) is 0.850. The van der Waals surface area contributed by atoms with Gasteiger partial charge in [-0.05, 0) is 18.2 Å². The van der Waals surface area contributed by atoms with Gasteiger partial charge in [-0.15, -0.1) is 5.10 Å². The van der Waals surface area contributed by atoms with Gasteiger partial charge in [0, 0.05) is 32.7 Å². The summed E-state index contributed by atoms with van der Waals surface area (Å²) < 4.78 is 0. The molecular formula is C14H16ClN7O2. The predicted molar refractivity (Wildman–Crippen MR) is 90.9 cm³/mol. The van der Waals surface area contributed by atoms with Crippen molar-refractivity contribution in [3.8, 4) is 0 Å². The first-order valence-corrected chi connectivity index (χ1v) is 7.59. The predicted octanol–water partition coefficient (Wildman–Crippen LogP) is 1.31. The van der Waals surface area contributed by atoms with E-state index < -0.39 is 0 Å². The second-order valence-corrected chi connectivity index (χ2v) is 5.79. The Morgan fingerprint density at radius 3 is 2.83 bits per heavy atom. The molecule has 2 aromatic rings. The van der Waals surface area contributed by atoms with E-state index >= 15 is 0 Å². The van der Waals surface area contributed by atoms with Gasteiger partial charge in [-0.3, -0.25) is 15.0 Å². The summed E-state index contributed by atoms with van der Waals surface area (Å²) in [6.07, 6.45) is 0. The molecule has 0 atom stereocenters. The topological polar surface area (TPSA) is 106 Å². The number of rotatable bonds is 4. The molecule has 1 fully saturated rings. The quantitative estimate of drug-likeness (QED) is 0.771. The smallest absolute Gasteiger partial charge is 0.322 e. The number of halogens is 1. The Bertz CT molecular complexity index is 789. The molecule has 3 N–H and O–H groups in total. The molecule has 0 unspecified atom stereocenters. The first-order valence-electron chi connectivity index (χ1n) is 7.21. The molecule has 0 saturated carbocycles. The molecule has 9 nitrogen and oxygen atoms in total. The Kier molecular flexibility index (Phi) is 4.26. The second kappa shape index (κ2) is 6.36. The SMILES string of the molecule is CN(C)c1n[nH]c(NC(=O)c2ccc(Cl)c(N3CCNC3=O)c2)n1. The Balaban J connectivity index is 1.80. The molecule has 1 aromatic carbocycles. The van der Waals surface area contributed by atoms with Crippen LogP contribution in [0.4, 0.5) is 22.4 Å². The monoisotopic (exact) mass is 349 g/mol. The van der Waals surface area contributed by atoms with Gasteiger partial charge in [-0.2, -0.15) is 4.98 Å². The molecule has 3 amide bonds. The lowest BCUT2D eigenvalue weighted by Crippen LogP contribution is -2.28. The highest BCUT2D eigenvalue weighted by molar-refractivity contribution is 6.34. The molecule has 1 aliphatic rings. The van der Waals surface area contributed by atoms with Crippen LogP contribution in [-0.4, -0.2) is 54.3 Å². The minimum absolute atomic E-state index is 0.235. The van der Waals surface area contributed by atoms with E-state index in [1.165, 1.54) is 4.90 Å². The molecule has 0 radical (unpaired) electrons. The lowest BCUT2D eigenvalue weighted by Gasteiger charge is -2.16. The fourth-order valence-corrected chi connectivity index (χ4v) is 2.47. The highest BCUT2D eigenvalue weighted by atomic mass is 35.5. The number of hydrogen-bond acceptors (Lipinski definition) is 5. The van der Waals surface area contributed by atoms with Crippen molar-refractivity contribution in [2.75, 3.05) is 42.3 Å². The van der Waals surface area contributed by atoms with E-state index in [2.05, 4.69) is 25.8 Å². The number of hydrogen-bond donors (Lipinski definition) is 3. The Morgan fingerprint density at radius 2 is 2.21 bits per heavy atom. The number of benzene rings is 1. The van der Waals surface area contributed by atoms with Crippen molar-refractivity contribution in [3.63, 3.8) is 0 Å². The van der Waals surface area contributed by atoms with Crippen LogP contribution < -0.4 is 20.4 Å². The van der Waals surface area contributed by atoms with E-state index in [9.17, 15) is 9.59 Å². The van der Waals surface area contributed by atoms with Crippen LogP contribution in [0.2, 0.25) is 5.02 Å². The minimum Gasteiger partial charge on any atom is -0.346 e. The third-order valence-corrected chi connectivity index (χ3v) is 3.78. The number of nitrogens with zero attached hydrogens (tertiary/aromatic N) is 4. The van der Waals surface area contributed by atoms with Gasteiger partial charge in [0.2, 0.25) is 11.9 Å². The number of carbonyl (C=O) groups excluding carboxylic acids is 2. The summed E-state index contributed by atoms with van der Waals surface area (Å²) in [4.78, 5) is 31.5. The van der Waals surface area contributed by atoms with Crippen molar-refractivity contribution >= 4 is 41.1 Å². The van der Waals surface area contributed by atoms with Crippen LogP contribution in [0.5, 0.6) is 0 Å². The van der Waals surface area contributed by atoms with E-state index in [1.807, 2.05) is 0 Å². The maximum absolute atomic E-state index is 12.4. The number of nitrogens with one attached hydrogen (secondary N) is 3. The number of carbonyl (C=O) groups is 2. The summed E-state index contributed by atoms with van der Waals surface area (Å²) in [6, 6.07) is 4.51. The molecule has 126 valence electrons. The first kappa shape index (κ1) is 16.1. The van der Waals surface area contributed by atoms with Gasteiger partial charge in [-0.25, -0.2) is 9.89 Å². The van der Waals surface area contributed by atoms with Crippen molar-refractivity contribution in [1.29, 1.82) is 0 Å². The standard InChI is InChI=1S/C14H16ClN7O2/c1-21(2)13-18-12(19-20-13)17-11(23)8-3-4-9(15)10(7-8)22-6-5-16-14(22)24/h3-4,7H,5-6H2,1-2H3,(H,16,24)(H2,17,18,19,20,23). The summed E-state index contributed by atoms with van der Waals surface area (Å²) in [5, 5.41) is 12.3. The number of amides is 3.